The maximum Gasteiger partial charge on any atom is 0.248 e. The zero-order valence-corrected chi connectivity index (χ0v) is 21.4. The second-order valence-electron chi connectivity index (χ2n) is 9.36. The zero-order chi connectivity index (χ0) is 26.6. The van der Waals surface area contributed by atoms with Gasteiger partial charge in [0.05, 0.1) is 43.5 Å². The Hall–Kier alpha value is -4.30. The van der Waals surface area contributed by atoms with Gasteiger partial charge in [-0.25, -0.2) is 4.90 Å². The number of fused-ring (bicyclic) bond motifs is 5. The van der Waals surface area contributed by atoms with Crippen LogP contribution in [0.4, 0.5) is 17.1 Å². The van der Waals surface area contributed by atoms with Crippen molar-refractivity contribution in [3.63, 3.8) is 0 Å². The maximum absolute atomic E-state index is 14.1. The number of methoxy groups -OCH3 is 2. The van der Waals surface area contributed by atoms with E-state index in [-0.39, 0.29) is 5.91 Å². The summed E-state index contributed by atoms with van der Waals surface area (Å²) in [7, 11) is 3.04. The number of carbonyl (C=O) groups excluding carboxylic acids is 3. The van der Waals surface area contributed by atoms with E-state index >= 15 is 0 Å². The Balaban J connectivity index is 1.44. The molecule has 2 saturated heterocycles. The van der Waals surface area contributed by atoms with E-state index in [0.717, 1.165) is 11.3 Å². The molecule has 0 aromatic heterocycles. The van der Waals surface area contributed by atoms with Crippen LogP contribution in [-0.2, 0) is 14.4 Å². The number of hydrogen-bond donors (Lipinski definition) is 1. The lowest BCUT2D eigenvalue weighted by Crippen LogP contribution is -2.50. The average Bonchev–Trinajstić information content (AvgIpc) is 3.42. The first kappa shape index (κ1) is 24.1. The first-order valence-corrected chi connectivity index (χ1v) is 12.5. The second kappa shape index (κ2) is 9.22. The van der Waals surface area contributed by atoms with Crippen LogP contribution in [0.15, 0.2) is 72.8 Å². The van der Waals surface area contributed by atoms with E-state index in [1.165, 1.54) is 19.1 Å². The van der Waals surface area contributed by atoms with Gasteiger partial charge in [0.15, 0.2) is 0 Å². The number of hydrogen-bond acceptors (Lipinski definition) is 6. The molecule has 0 radical (unpaired) electrons. The highest BCUT2D eigenvalue weighted by Gasteiger charge is 2.64. The Morgan fingerprint density at radius 1 is 0.921 bits per heavy atom. The van der Waals surface area contributed by atoms with E-state index in [4.69, 9.17) is 21.1 Å². The summed E-state index contributed by atoms with van der Waals surface area (Å²) in [5.41, 5.74) is 2.55. The number of carbonyl (C=O) groups is 3. The second-order valence-corrected chi connectivity index (χ2v) is 9.79. The van der Waals surface area contributed by atoms with Gasteiger partial charge in [-0.3, -0.25) is 14.4 Å². The van der Waals surface area contributed by atoms with Crippen molar-refractivity contribution in [2.75, 3.05) is 29.3 Å². The van der Waals surface area contributed by atoms with Gasteiger partial charge in [0.25, 0.3) is 0 Å². The number of para-hydroxylation sites is 1. The number of nitrogens with zero attached hydrogens (tertiary/aromatic N) is 2. The molecular weight excluding hydrogens is 506 g/mol. The number of halogens is 1. The van der Waals surface area contributed by atoms with Crippen LogP contribution in [0, 0.1) is 11.8 Å². The number of ether oxygens (including phenoxy) is 2. The molecule has 1 N–H and O–H groups in total. The lowest BCUT2D eigenvalue weighted by atomic mass is 9.88. The van der Waals surface area contributed by atoms with E-state index in [0.29, 0.717) is 27.9 Å². The van der Waals surface area contributed by atoms with Gasteiger partial charge in [0, 0.05) is 16.8 Å². The van der Waals surface area contributed by atoms with Gasteiger partial charge in [-0.05, 0) is 48.0 Å². The van der Waals surface area contributed by atoms with E-state index in [9.17, 15) is 14.4 Å². The first-order valence-electron chi connectivity index (χ1n) is 12.1. The SMILES string of the molecule is COc1ccc(OC)c(NC(=O)[C@H]2[C@H]3C(=O)N(c4ccc(Cl)cc4)C(=O)[C@H]3[C@@H]3C=Cc4ccccc4N32)c1. The van der Waals surface area contributed by atoms with Gasteiger partial charge < -0.3 is 19.7 Å². The molecule has 2 fully saturated rings. The van der Waals surface area contributed by atoms with E-state index in [1.807, 2.05) is 41.3 Å². The Bertz CT molecular complexity index is 1490. The summed E-state index contributed by atoms with van der Waals surface area (Å²) in [5.74, 6) is -1.81. The Kier molecular flexibility index (Phi) is 5.84. The summed E-state index contributed by atoms with van der Waals surface area (Å²) in [4.78, 5) is 44.9. The van der Waals surface area contributed by atoms with Crippen molar-refractivity contribution >= 4 is 52.5 Å². The minimum absolute atomic E-state index is 0.337. The third-order valence-electron chi connectivity index (χ3n) is 7.43. The topological polar surface area (TPSA) is 88.2 Å². The lowest BCUT2D eigenvalue weighted by molar-refractivity contribution is -0.126. The molecule has 9 heteroatoms. The summed E-state index contributed by atoms with van der Waals surface area (Å²) in [6.07, 6.45) is 3.86. The predicted molar refractivity (Wildman–Crippen MR) is 145 cm³/mol. The highest BCUT2D eigenvalue weighted by Crippen LogP contribution is 2.49. The Morgan fingerprint density at radius 2 is 1.66 bits per heavy atom. The number of nitrogens with one attached hydrogen (secondary N) is 1. The van der Waals surface area contributed by atoms with Crippen molar-refractivity contribution in [3.05, 3.63) is 83.4 Å². The Labute approximate surface area is 224 Å². The van der Waals surface area contributed by atoms with Gasteiger partial charge >= 0.3 is 0 Å². The summed E-state index contributed by atoms with van der Waals surface area (Å²) in [6, 6.07) is 17.9. The van der Waals surface area contributed by atoms with Crippen LogP contribution in [0.5, 0.6) is 11.5 Å². The van der Waals surface area contributed by atoms with Crippen molar-refractivity contribution in [1.82, 2.24) is 0 Å². The standard InChI is InChI=1S/C29H24ClN3O5/c1-37-19-12-14-23(38-2)20(15-19)31-27(34)26-25-24(22-13-7-16-5-3-4-6-21(16)33(22)26)28(35)32(29(25)36)18-10-8-17(30)9-11-18/h3-15,22,24-26H,1-2H3,(H,31,34)/t22-,24-,25-,26+/m0/s1. The molecule has 3 aliphatic heterocycles. The van der Waals surface area contributed by atoms with Gasteiger partial charge in [0.2, 0.25) is 17.7 Å². The molecule has 0 unspecified atom stereocenters. The zero-order valence-electron chi connectivity index (χ0n) is 20.6. The fraction of sp³-hybridized carbons (Fsp3) is 0.207. The molecule has 0 spiro atoms. The molecular formula is C29H24ClN3O5. The number of benzene rings is 3. The minimum Gasteiger partial charge on any atom is -0.497 e. The molecule has 192 valence electrons. The van der Waals surface area contributed by atoms with Gasteiger partial charge in [-0.1, -0.05) is 42.0 Å². The third-order valence-corrected chi connectivity index (χ3v) is 7.68. The molecule has 3 aliphatic rings. The predicted octanol–water partition coefficient (Wildman–Crippen LogP) is 4.39. The van der Waals surface area contributed by atoms with Gasteiger partial charge in [-0.15, -0.1) is 0 Å². The van der Waals surface area contributed by atoms with Crippen molar-refractivity contribution in [3.8, 4) is 11.5 Å². The quantitative estimate of drug-likeness (QED) is 0.493. The van der Waals surface area contributed by atoms with Crippen molar-refractivity contribution in [2.24, 2.45) is 11.8 Å². The van der Waals surface area contributed by atoms with Crippen LogP contribution in [-0.4, -0.2) is 44.0 Å². The van der Waals surface area contributed by atoms with Crippen molar-refractivity contribution in [1.29, 1.82) is 0 Å². The summed E-state index contributed by atoms with van der Waals surface area (Å²) < 4.78 is 10.8. The van der Waals surface area contributed by atoms with Crippen LogP contribution >= 0.6 is 11.6 Å². The van der Waals surface area contributed by atoms with Crippen LogP contribution in [0.1, 0.15) is 5.56 Å². The van der Waals surface area contributed by atoms with E-state index in [1.54, 1.807) is 42.5 Å². The monoisotopic (exact) mass is 529 g/mol. The van der Waals surface area contributed by atoms with E-state index in [2.05, 4.69) is 5.32 Å². The molecule has 6 rings (SSSR count). The lowest BCUT2D eigenvalue weighted by Gasteiger charge is -2.36. The molecule has 3 aromatic rings. The van der Waals surface area contributed by atoms with Crippen LogP contribution in [0.2, 0.25) is 5.02 Å². The fourth-order valence-corrected chi connectivity index (χ4v) is 5.90. The van der Waals surface area contributed by atoms with Gasteiger partial charge in [-0.2, -0.15) is 0 Å². The van der Waals surface area contributed by atoms with Gasteiger partial charge in [0.1, 0.15) is 17.5 Å². The smallest absolute Gasteiger partial charge is 0.248 e. The molecule has 0 bridgehead atoms. The average molecular weight is 530 g/mol. The largest absolute Gasteiger partial charge is 0.497 e. The number of rotatable bonds is 5. The minimum atomic E-state index is -0.944. The summed E-state index contributed by atoms with van der Waals surface area (Å²) >= 11 is 6.04. The van der Waals surface area contributed by atoms with Crippen molar-refractivity contribution in [2.45, 2.75) is 12.1 Å². The van der Waals surface area contributed by atoms with Crippen LogP contribution in [0.3, 0.4) is 0 Å². The molecule has 38 heavy (non-hydrogen) atoms. The number of anilines is 3. The molecule has 0 saturated carbocycles. The number of amides is 3. The fourth-order valence-electron chi connectivity index (χ4n) is 5.78. The normalized spacial score (nSPS) is 23.1. The molecule has 3 aromatic carbocycles. The third kappa shape index (κ3) is 3.63. The molecule has 3 amide bonds. The van der Waals surface area contributed by atoms with Crippen molar-refractivity contribution < 1.29 is 23.9 Å². The highest BCUT2D eigenvalue weighted by molar-refractivity contribution is 6.31. The van der Waals surface area contributed by atoms with E-state index < -0.39 is 35.7 Å². The molecule has 8 nitrogen and oxygen atoms in total. The molecule has 4 atom stereocenters. The Morgan fingerprint density at radius 3 is 2.39 bits per heavy atom. The summed E-state index contributed by atoms with van der Waals surface area (Å²) in [5, 5.41) is 3.44. The first-order chi connectivity index (χ1) is 18.4. The maximum atomic E-state index is 14.1. The highest BCUT2D eigenvalue weighted by atomic mass is 35.5. The summed E-state index contributed by atoms with van der Waals surface area (Å²) in [6.45, 7) is 0. The van der Waals surface area contributed by atoms with Crippen LogP contribution < -0.4 is 24.6 Å². The number of imide groups is 1. The molecule has 3 heterocycles. The molecule has 0 aliphatic carbocycles. The van der Waals surface area contributed by atoms with Crippen LogP contribution in [0.25, 0.3) is 6.08 Å².